The molecule has 0 aromatic heterocycles. The molecule has 5 N–H and O–H groups in total. The van der Waals surface area contributed by atoms with Crippen LogP contribution in [0.25, 0.3) is 0 Å². The van der Waals surface area contributed by atoms with Crippen molar-refractivity contribution < 1.29 is 38.7 Å². The van der Waals surface area contributed by atoms with Crippen molar-refractivity contribution in [3.8, 4) is 17.2 Å². The fourth-order valence-corrected chi connectivity index (χ4v) is 4.23. The molecule has 0 amide bonds. The predicted molar refractivity (Wildman–Crippen MR) is 111 cm³/mol. The lowest BCUT2D eigenvalue weighted by molar-refractivity contribution is -0.0566. The molecule has 7 nitrogen and oxygen atoms in total. The number of fused-ring (bicyclic) bond motifs is 2. The van der Waals surface area contributed by atoms with Gasteiger partial charge in [-0.1, -0.05) is 0 Å². The second-order valence-corrected chi connectivity index (χ2v) is 8.62. The SMILES string of the molecule is C[C@]1([C@@H](O)CNC[C@H](O)[C@@H]2C[C@@H](O)c3cc(F)ccc3O2)CCc2c(ccc(O)c2F)O1. The van der Waals surface area contributed by atoms with E-state index in [0.717, 1.165) is 0 Å². The molecule has 0 bridgehead atoms. The third-order valence-corrected chi connectivity index (χ3v) is 6.28. The molecule has 0 saturated carbocycles. The summed E-state index contributed by atoms with van der Waals surface area (Å²) in [7, 11) is 0. The van der Waals surface area contributed by atoms with Gasteiger partial charge in [0.25, 0.3) is 0 Å². The van der Waals surface area contributed by atoms with Gasteiger partial charge in [-0.15, -0.1) is 0 Å². The molecule has 5 atom stereocenters. The van der Waals surface area contributed by atoms with Crippen molar-refractivity contribution >= 4 is 0 Å². The number of nitrogens with one attached hydrogen (secondary N) is 1. The van der Waals surface area contributed by atoms with Gasteiger partial charge >= 0.3 is 0 Å². The van der Waals surface area contributed by atoms with Crippen molar-refractivity contribution in [1.29, 1.82) is 0 Å². The van der Waals surface area contributed by atoms with E-state index in [1.165, 1.54) is 30.3 Å². The number of rotatable bonds is 6. The highest BCUT2D eigenvalue weighted by atomic mass is 19.1. The zero-order valence-corrected chi connectivity index (χ0v) is 17.6. The van der Waals surface area contributed by atoms with Crippen LogP contribution in [0.4, 0.5) is 8.78 Å². The highest BCUT2D eigenvalue weighted by Crippen LogP contribution is 2.39. The molecule has 174 valence electrons. The molecular weight excluding hydrogens is 424 g/mol. The smallest absolute Gasteiger partial charge is 0.171 e. The number of ether oxygens (including phenoxy) is 2. The summed E-state index contributed by atoms with van der Waals surface area (Å²) < 4.78 is 39.0. The summed E-state index contributed by atoms with van der Waals surface area (Å²) in [5, 5.41) is 43.9. The summed E-state index contributed by atoms with van der Waals surface area (Å²) in [6.07, 6.45) is -2.82. The van der Waals surface area contributed by atoms with E-state index in [9.17, 15) is 29.2 Å². The molecule has 2 aromatic carbocycles. The Hall–Kier alpha value is -2.46. The van der Waals surface area contributed by atoms with Gasteiger partial charge in [-0.3, -0.25) is 0 Å². The van der Waals surface area contributed by atoms with Crippen molar-refractivity contribution in [3.63, 3.8) is 0 Å². The first-order chi connectivity index (χ1) is 15.2. The van der Waals surface area contributed by atoms with Crippen molar-refractivity contribution in [1.82, 2.24) is 5.32 Å². The topological polar surface area (TPSA) is 111 Å². The Morgan fingerprint density at radius 2 is 1.91 bits per heavy atom. The lowest BCUT2D eigenvalue weighted by atomic mass is 9.87. The van der Waals surface area contributed by atoms with E-state index in [-0.39, 0.29) is 30.8 Å². The molecule has 2 heterocycles. The molecule has 9 heteroatoms. The molecule has 0 fully saturated rings. The van der Waals surface area contributed by atoms with E-state index >= 15 is 0 Å². The van der Waals surface area contributed by atoms with Crippen LogP contribution < -0.4 is 14.8 Å². The fourth-order valence-electron chi connectivity index (χ4n) is 4.23. The van der Waals surface area contributed by atoms with Crippen LogP contribution in [0.2, 0.25) is 0 Å². The van der Waals surface area contributed by atoms with E-state index in [4.69, 9.17) is 9.47 Å². The van der Waals surface area contributed by atoms with E-state index < -0.39 is 47.4 Å². The Morgan fingerprint density at radius 1 is 1.16 bits per heavy atom. The van der Waals surface area contributed by atoms with Crippen molar-refractivity contribution in [2.75, 3.05) is 13.1 Å². The Balaban J connectivity index is 1.31. The number of hydrogen-bond donors (Lipinski definition) is 5. The standard InChI is InChI=1S/C23H27F2NO6/c1-23(7-6-13-19(32-23)5-3-15(27)22(13)25)21(30)11-26-10-17(29)20-9-16(28)14-8-12(24)2-4-18(14)31-20/h2-5,8,16-17,20-21,26-30H,6-7,9-11H2,1H3/t16-,17+,20+,21+,23-/m1/s1. The lowest BCUT2D eigenvalue weighted by Gasteiger charge is -2.39. The third kappa shape index (κ3) is 4.38. The van der Waals surface area contributed by atoms with E-state index in [2.05, 4.69) is 5.32 Å². The summed E-state index contributed by atoms with van der Waals surface area (Å²) in [6.45, 7) is 1.90. The molecule has 2 aliphatic heterocycles. The summed E-state index contributed by atoms with van der Waals surface area (Å²) in [6, 6.07) is 6.56. The maximum Gasteiger partial charge on any atom is 0.171 e. The number of aromatic hydroxyl groups is 1. The van der Waals surface area contributed by atoms with Gasteiger partial charge < -0.3 is 35.2 Å². The average molecular weight is 451 g/mol. The van der Waals surface area contributed by atoms with E-state index in [0.29, 0.717) is 24.2 Å². The number of halogens is 2. The number of phenolic OH excluding ortho intramolecular Hbond substituents is 1. The van der Waals surface area contributed by atoms with Crippen molar-refractivity contribution in [2.45, 2.75) is 56.2 Å². The van der Waals surface area contributed by atoms with Crippen LogP contribution in [0.1, 0.15) is 37.0 Å². The lowest BCUT2D eigenvalue weighted by Crippen LogP contribution is -2.53. The maximum absolute atomic E-state index is 14.1. The Kier molecular flexibility index (Phi) is 6.26. The summed E-state index contributed by atoms with van der Waals surface area (Å²) in [5.74, 6) is -1.00. The molecule has 2 aliphatic rings. The van der Waals surface area contributed by atoms with E-state index in [1.807, 2.05) is 0 Å². The Bertz CT molecular complexity index is 989. The first kappa shape index (κ1) is 22.7. The Labute approximate surface area is 184 Å². The molecular formula is C23H27F2NO6. The summed E-state index contributed by atoms with van der Waals surface area (Å²) >= 11 is 0. The van der Waals surface area contributed by atoms with Gasteiger partial charge in [-0.2, -0.15) is 0 Å². The normalized spacial score (nSPS) is 26.3. The molecule has 0 saturated heterocycles. The number of hydrogen-bond acceptors (Lipinski definition) is 7. The van der Waals surface area contributed by atoms with Gasteiger partial charge in [0.05, 0.1) is 6.10 Å². The Morgan fingerprint density at radius 3 is 2.69 bits per heavy atom. The number of phenols is 1. The monoisotopic (exact) mass is 451 g/mol. The van der Waals surface area contributed by atoms with E-state index in [1.54, 1.807) is 6.92 Å². The molecule has 0 radical (unpaired) electrons. The van der Waals surface area contributed by atoms with Gasteiger partial charge in [0.1, 0.15) is 41.2 Å². The predicted octanol–water partition coefficient (Wildman–Crippen LogP) is 1.95. The zero-order valence-electron chi connectivity index (χ0n) is 17.6. The second-order valence-electron chi connectivity index (χ2n) is 8.62. The van der Waals surface area contributed by atoms with Crippen LogP contribution in [-0.2, 0) is 6.42 Å². The number of aliphatic hydroxyl groups is 3. The minimum atomic E-state index is -0.979. The van der Waals surface area contributed by atoms with Gasteiger partial charge in [0.2, 0.25) is 0 Å². The quantitative estimate of drug-likeness (QED) is 0.457. The average Bonchev–Trinajstić information content (AvgIpc) is 2.76. The minimum absolute atomic E-state index is 0.0835. The van der Waals surface area contributed by atoms with Gasteiger partial charge in [-0.25, -0.2) is 8.78 Å². The van der Waals surface area contributed by atoms with Crippen molar-refractivity contribution in [3.05, 3.63) is 53.1 Å². The molecule has 32 heavy (non-hydrogen) atoms. The van der Waals surface area contributed by atoms with Crippen LogP contribution in [0.5, 0.6) is 17.2 Å². The van der Waals surface area contributed by atoms with Gasteiger partial charge in [0.15, 0.2) is 11.6 Å². The van der Waals surface area contributed by atoms with Crippen LogP contribution in [0.15, 0.2) is 30.3 Å². The number of benzene rings is 2. The molecule has 4 rings (SSSR count). The molecule has 2 aromatic rings. The molecule has 0 aliphatic carbocycles. The minimum Gasteiger partial charge on any atom is -0.505 e. The first-order valence-electron chi connectivity index (χ1n) is 10.6. The highest BCUT2D eigenvalue weighted by Gasteiger charge is 2.40. The zero-order chi connectivity index (χ0) is 23.0. The largest absolute Gasteiger partial charge is 0.505 e. The highest BCUT2D eigenvalue weighted by molar-refractivity contribution is 5.43. The van der Waals surface area contributed by atoms with Gasteiger partial charge in [0, 0.05) is 30.6 Å². The van der Waals surface area contributed by atoms with Crippen LogP contribution >= 0.6 is 0 Å². The molecule has 0 spiro atoms. The second kappa shape index (κ2) is 8.82. The summed E-state index contributed by atoms with van der Waals surface area (Å²) in [5.41, 5.74) is -0.343. The van der Waals surface area contributed by atoms with Crippen LogP contribution in [0, 0.1) is 11.6 Å². The first-order valence-corrected chi connectivity index (χ1v) is 10.6. The van der Waals surface area contributed by atoms with Crippen LogP contribution in [0.3, 0.4) is 0 Å². The molecule has 0 unspecified atom stereocenters. The summed E-state index contributed by atoms with van der Waals surface area (Å²) in [4.78, 5) is 0. The maximum atomic E-state index is 14.1. The van der Waals surface area contributed by atoms with Crippen molar-refractivity contribution in [2.24, 2.45) is 0 Å². The van der Waals surface area contributed by atoms with Crippen LogP contribution in [-0.4, -0.2) is 57.4 Å². The van der Waals surface area contributed by atoms with Gasteiger partial charge in [-0.05, 0) is 50.1 Å². The number of aliphatic hydroxyl groups excluding tert-OH is 3. The third-order valence-electron chi connectivity index (χ3n) is 6.28. The fraction of sp³-hybridized carbons (Fsp3) is 0.478.